The molecule has 1 aromatic carbocycles. The zero-order valence-corrected chi connectivity index (χ0v) is 13.5. The lowest BCUT2D eigenvalue weighted by Gasteiger charge is -2.08. The summed E-state index contributed by atoms with van der Waals surface area (Å²) in [6.45, 7) is 0. The molecule has 0 spiro atoms. The van der Waals surface area contributed by atoms with Crippen LogP contribution in [0.1, 0.15) is 0 Å². The maximum absolute atomic E-state index is 12.1. The summed E-state index contributed by atoms with van der Waals surface area (Å²) in [6.07, 6.45) is 1.33. The van der Waals surface area contributed by atoms with E-state index in [1.165, 1.54) is 10.9 Å². The lowest BCUT2D eigenvalue weighted by molar-refractivity contribution is 0.598. The maximum Gasteiger partial charge on any atom is 0.282 e. The largest absolute Gasteiger partial charge is 0.324 e. The van der Waals surface area contributed by atoms with Gasteiger partial charge in [-0.25, -0.2) is 4.98 Å². The van der Waals surface area contributed by atoms with Crippen molar-refractivity contribution in [2.75, 3.05) is 4.72 Å². The Kier molecular flexibility index (Phi) is 4.10. The zero-order chi connectivity index (χ0) is 14.2. The molecule has 2 rings (SSSR count). The number of imidazole rings is 1. The monoisotopic (exact) mass is 383 g/mol. The fraction of sp³-hybridized carbons (Fsp3) is 0.100. The summed E-state index contributed by atoms with van der Waals surface area (Å²) in [6, 6.07) is 4.70. The molecule has 5 nitrogen and oxygen atoms in total. The molecular weight excluding hydrogens is 377 g/mol. The van der Waals surface area contributed by atoms with Crippen LogP contribution < -0.4 is 4.72 Å². The summed E-state index contributed by atoms with van der Waals surface area (Å²) in [5, 5.41) is 0.307. The van der Waals surface area contributed by atoms with Crippen LogP contribution >= 0.6 is 39.1 Å². The number of hydrogen-bond acceptors (Lipinski definition) is 3. The van der Waals surface area contributed by atoms with E-state index < -0.39 is 10.0 Å². The highest BCUT2D eigenvalue weighted by Crippen LogP contribution is 2.29. The molecule has 0 bridgehead atoms. The maximum atomic E-state index is 12.1. The second kappa shape index (κ2) is 5.32. The van der Waals surface area contributed by atoms with Crippen molar-refractivity contribution in [2.24, 2.45) is 7.05 Å². The van der Waals surface area contributed by atoms with Gasteiger partial charge in [0.05, 0.1) is 12.0 Å². The molecule has 0 atom stereocenters. The third kappa shape index (κ3) is 3.05. The number of nitrogens with one attached hydrogen (secondary N) is 1. The van der Waals surface area contributed by atoms with Crippen molar-refractivity contribution in [1.82, 2.24) is 9.55 Å². The quantitative estimate of drug-likeness (QED) is 0.882. The highest BCUT2D eigenvalue weighted by molar-refractivity contribution is 9.10. The molecule has 0 saturated carbocycles. The van der Waals surface area contributed by atoms with Gasteiger partial charge in [0, 0.05) is 16.5 Å². The van der Waals surface area contributed by atoms with Crippen molar-refractivity contribution in [3.63, 3.8) is 0 Å². The van der Waals surface area contributed by atoms with Crippen LogP contribution in [0.2, 0.25) is 10.2 Å². The normalized spacial score (nSPS) is 11.6. The first-order valence-corrected chi connectivity index (χ1v) is 7.99. The minimum Gasteiger partial charge on any atom is -0.324 e. The topological polar surface area (TPSA) is 64.0 Å². The van der Waals surface area contributed by atoms with Gasteiger partial charge in [-0.3, -0.25) is 4.72 Å². The van der Waals surface area contributed by atoms with Crippen LogP contribution in [0.4, 0.5) is 5.69 Å². The van der Waals surface area contributed by atoms with E-state index in [2.05, 4.69) is 25.6 Å². The highest BCUT2D eigenvalue weighted by atomic mass is 79.9. The molecule has 0 aliphatic carbocycles. The number of benzene rings is 1. The number of rotatable bonds is 3. The van der Waals surface area contributed by atoms with E-state index >= 15 is 0 Å². The Morgan fingerprint density at radius 3 is 2.58 bits per heavy atom. The van der Waals surface area contributed by atoms with E-state index in [0.717, 1.165) is 0 Å². The summed E-state index contributed by atoms with van der Waals surface area (Å²) in [7, 11) is -2.24. The average Bonchev–Trinajstić information content (AvgIpc) is 2.64. The summed E-state index contributed by atoms with van der Waals surface area (Å²) in [5.41, 5.74) is 0.353. The van der Waals surface area contributed by atoms with Gasteiger partial charge < -0.3 is 4.57 Å². The predicted molar refractivity (Wildman–Crippen MR) is 78.2 cm³/mol. The van der Waals surface area contributed by atoms with Crippen molar-refractivity contribution >= 4 is 54.8 Å². The van der Waals surface area contributed by atoms with Crippen LogP contribution in [0.5, 0.6) is 0 Å². The molecule has 102 valence electrons. The molecule has 2 aromatic rings. The van der Waals surface area contributed by atoms with Crippen LogP contribution in [0.15, 0.2) is 34.0 Å². The van der Waals surface area contributed by atoms with Gasteiger partial charge in [-0.05, 0) is 34.1 Å². The number of aromatic nitrogens is 2. The first-order valence-electron chi connectivity index (χ1n) is 4.96. The molecule has 0 fully saturated rings. The number of nitrogens with zero attached hydrogens (tertiary/aromatic N) is 2. The van der Waals surface area contributed by atoms with Crippen molar-refractivity contribution in [1.29, 1.82) is 0 Å². The van der Waals surface area contributed by atoms with Crippen LogP contribution in [-0.4, -0.2) is 18.0 Å². The molecule has 0 aliphatic heterocycles. The third-order valence-corrected chi connectivity index (χ3v) is 5.01. The van der Waals surface area contributed by atoms with Gasteiger partial charge in [0.25, 0.3) is 10.0 Å². The molecule has 0 radical (unpaired) electrons. The fourth-order valence-electron chi connectivity index (χ4n) is 1.34. The van der Waals surface area contributed by atoms with Crippen molar-refractivity contribution < 1.29 is 8.42 Å². The number of halogens is 3. The number of anilines is 1. The first kappa shape index (κ1) is 14.6. The Hall–Kier alpha value is -0.760. The molecule has 0 amide bonds. The Bertz CT molecular complexity index is 730. The predicted octanol–water partition coefficient (Wildman–Crippen LogP) is 3.29. The molecule has 0 aliphatic rings. The summed E-state index contributed by atoms with van der Waals surface area (Å²) in [4.78, 5) is 3.77. The smallest absolute Gasteiger partial charge is 0.282 e. The molecule has 9 heteroatoms. The summed E-state index contributed by atoms with van der Waals surface area (Å²) in [5.74, 6) is 0. The van der Waals surface area contributed by atoms with E-state index in [4.69, 9.17) is 23.2 Å². The second-order valence-corrected chi connectivity index (χ2v) is 6.93. The lowest BCUT2D eigenvalue weighted by atomic mass is 10.3. The van der Waals surface area contributed by atoms with Gasteiger partial charge in [-0.1, -0.05) is 23.2 Å². The van der Waals surface area contributed by atoms with Gasteiger partial charge in [0.2, 0.25) is 5.03 Å². The van der Waals surface area contributed by atoms with Gasteiger partial charge in [-0.2, -0.15) is 8.42 Å². The standard InChI is InChI=1S/C10H8BrCl2N3O2S/c1-16-5-14-10(9(16)13)19(17,18)15-8-3-2-6(12)4-7(8)11/h2-5,15H,1H3. The van der Waals surface area contributed by atoms with E-state index in [-0.39, 0.29) is 10.2 Å². The summed E-state index contributed by atoms with van der Waals surface area (Å²) < 4.78 is 28.6. The third-order valence-electron chi connectivity index (χ3n) is 2.26. The van der Waals surface area contributed by atoms with Crippen LogP contribution in [0, 0.1) is 0 Å². The van der Waals surface area contributed by atoms with E-state index in [1.807, 2.05) is 0 Å². The van der Waals surface area contributed by atoms with Crippen LogP contribution in [0.25, 0.3) is 0 Å². The Morgan fingerprint density at radius 2 is 2.05 bits per heavy atom. The van der Waals surface area contributed by atoms with Crippen molar-refractivity contribution in [3.05, 3.63) is 39.2 Å². The minimum atomic E-state index is -3.85. The van der Waals surface area contributed by atoms with Crippen molar-refractivity contribution in [2.45, 2.75) is 5.03 Å². The highest BCUT2D eigenvalue weighted by Gasteiger charge is 2.23. The number of hydrogen-bond donors (Lipinski definition) is 1. The Labute approximate surface area is 128 Å². The number of aryl methyl sites for hydroxylation is 1. The molecule has 1 N–H and O–H groups in total. The molecular formula is C10H8BrCl2N3O2S. The second-order valence-electron chi connectivity index (χ2n) is 3.68. The van der Waals surface area contributed by atoms with Gasteiger partial charge in [0.15, 0.2) is 0 Å². The Balaban J connectivity index is 2.39. The minimum absolute atomic E-state index is 0.0394. The molecule has 0 unspecified atom stereocenters. The number of sulfonamides is 1. The van der Waals surface area contributed by atoms with Gasteiger partial charge >= 0.3 is 0 Å². The Morgan fingerprint density at radius 1 is 1.37 bits per heavy atom. The van der Waals surface area contributed by atoms with Crippen molar-refractivity contribution in [3.8, 4) is 0 Å². The van der Waals surface area contributed by atoms with E-state index in [9.17, 15) is 8.42 Å². The average molecular weight is 385 g/mol. The molecule has 0 saturated heterocycles. The van der Waals surface area contributed by atoms with Gasteiger partial charge in [0.1, 0.15) is 5.15 Å². The van der Waals surface area contributed by atoms with E-state index in [1.54, 1.807) is 25.2 Å². The fourth-order valence-corrected chi connectivity index (χ4v) is 3.77. The molecule has 1 heterocycles. The molecule has 1 aromatic heterocycles. The first-order chi connectivity index (χ1) is 8.81. The zero-order valence-electron chi connectivity index (χ0n) is 9.56. The van der Waals surface area contributed by atoms with Crippen LogP contribution in [0.3, 0.4) is 0 Å². The lowest BCUT2D eigenvalue weighted by Crippen LogP contribution is -2.14. The molecule has 19 heavy (non-hydrogen) atoms. The van der Waals surface area contributed by atoms with Gasteiger partial charge in [-0.15, -0.1) is 0 Å². The van der Waals surface area contributed by atoms with Crippen LogP contribution in [-0.2, 0) is 17.1 Å². The SMILES string of the molecule is Cn1cnc(S(=O)(=O)Nc2ccc(Cl)cc2Br)c1Cl. The van der Waals surface area contributed by atoms with E-state index in [0.29, 0.717) is 15.2 Å². The summed E-state index contributed by atoms with van der Waals surface area (Å²) >= 11 is 14.9.